The number of nitrogens with one attached hydrogen (secondary N) is 1. The van der Waals surface area contributed by atoms with Crippen molar-refractivity contribution in [3.63, 3.8) is 0 Å². The minimum atomic E-state index is -2.02. The van der Waals surface area contributed by atoms with Crippen LogP contribution in [0, 0.1) is 0 Å². The zero-order chi connectivity index (χ0) is 14.6. The number of cyclic esters (lactones) is 1. The molecule has 7 nitrogen and oxygen atoms in total. The third kappa shape index (κ3) is 3.05. The van der Waals surface area contributed by atoms with Crippen LogP contribution in [0.25, 0.3) is 0 Å². The van der Waals surface area contributed by atoms with Crippen LogP contribution in [0.2, 0.25) is 0 Å². The fourth-order valence-corrected chi connectivity index (χ4v) is 1.79. The quantitative estimate of drug-likeness (QED) is 0.798. The lowest BCUT2D eigenvalue weighted by Gasteiger charge is -2.23. The van der Waals surface area contributed by atoms with Gasteiger partial charge in [-0.3, -0.25) is 10.1 Å². The van der Waals surface area contributed by atoms with Gasteiger partial charge in [0, 0.05) is 6.42 Å². The Labute approximate surface area is 114 Å². The van der Waals surface area contributed by atoms with Crippen LogP contribution in [0.4, 0.5) is 4.79 Å². The SMILES string of the molecule is O=C1CCC(NC(=O)OCc2ccccc2)(C(=O)O)O1. The molecule has 1 heterocycles. The molecule has 1 atom stereocenters. The molecule has 1 aromatic rings. The lowest BCUT2D eigenvalue weighted by molar-refractivity contribution is -0.172. The van der Waals surface area contributed by atoms with Gasteiger partial charge < -0.3 is 14.6 Å². The number of amides is 1. The second-order valence-electron chi connectivity index (χ2n) is 4.29. The first kappa shape index (κ1) is 13.9. The van der Waals surface area contributed by atoms with Crippen molar-refractivity contribution in [2.24, 2.45) is 0 Å². The average molecular weight is 279 g/mol. The van der Waals surface area contributed by atoms with Crippen LogP contribution < -0.4 is 5.32 Å². The molecule has 106 valence electrons. The topological polar surface area (TPSA) is 102 Å². The summed E-state index contributed by atoms with van der Waals surface area (Å²) < 4.78 is 9.58. The number of esters is 1. The number of rotatable bonds is 4. The number of hydrogen-bond acceptors (Lipinski definition) is 5. The Bertz CT molecular complexity index is 529. The second kappa shape index (κ2) is 5.60. The van der Waals surface area contributed by atoms with Crippen molar-refractivity contribution in [1.82, 2.24) is 5.32 Å². The summed E-state index contributed by atoms with van der Waals surface area (Å²) in [5.74, 6) is -2.10. The van der Waals surface area contributed by atoms with E-state index in [0.717, 1.165) is 5.56 Å². The van der Waals surface area contributed by atoms with E-state index in [1.165, 1.54) is 0 Å². The summed E-state index contributed by atoms with van der Waals surface area (Å²) >= 11 is 0. The molecule has 20 heavy (non-hydrogen) atoms. The number of carboxylic acids is 1. The maximum Gasteiger partial charge on any atom is 0.411 e. The van der Waals surface area contributed by atoms with Gasteiger partial charge in [-0.1, -0.05) is 30.3 Å². The average Bonchev–Trinajstić information content (AvgIpc) is 2.80. The van der Waals surface area contributed by atoms with Crippen LogP contribution in [0.5, 0.6) is 0 Å². The van der Waals surface area contributed by atoms with E-state index in [9.17, 15) is 14.4 Å². The van der Waals surface area contributed by atoms with E-state index < -0.39 is 23.8 Å². The molecule has 1 saturated heterocycles. The molecular formula is C13H13NO6. The first-order valence-corrected chi connectivity index (χ1v) is 5.96. The molecule has 1 fully saturated rings. The zero-order valence-corrected chi connectivity index (χ0v) is 10.5. The van der Waals surface area contributed by atoms with E-state index in [2.05, 4.69) is 10.1 Å². The van der Waals surface area contributed by atoms with Crippen LogP contribution in [-0.2, 0) is 25.7 Å². The minimum absolute atomic E-state index is 0.00365. The number of carboxylic acid groups (broad SMARTS) is 1. The number of carbonyl (C=O) groups is 3. The van der Waals surface area contributed by atoms with Gasteiger partial charge in [-0.05, 0) is 5.56 Å². The fourth-order valence-electron chi connectivity index (χ4n) is 1.79. The number of alkyl carbamates (subject to hydrolysis) is 1. The number of ether oxygens (including phenoxy) is 2. The van der Waals surface area contributed by atoms with E-state index in [1.807, 2.05) is 6.07 Å². The predicted molar refractivity (Wildman–Crippen MR) is 65.5 cm³/mol. The summed E-state index contributed by atoms with van der Waals surface area (Å²) in [5, 5.41) is 11.2. The Hall–Kier alpha value is -2.57. The Morgan fingerprint density at radius 3 is 2.60 bits per heavy atom. The molecule has 2 N–H and O–H groups in total. The predicted octanol–water partition coefficient (Wildman–Crippen LogP) is 1.03. The Balaban J connectivity index is 1.93. The normalized spacial score (nSPS) is 21.1. The molecule has 1 unspecified atom stereocenters. The van der Waals surface area contributed by atoms with E-state index in [-0.39, 0.29) is 19.4 Å². The Kier molecular flexibility index (Phi) is 3.88. The molecule has 0 spiro atoms. The van der Waals surface area contributed by atoms with Crippen molar-refractivity contribution in [2.45, 2.75) is 25.2 Å². The van der Waals surface area contributed by atoms with Gasteiger partial charge in [-0.15, -0.1) is 0 Å². The molecule has 0 saturated carbocycles. The highest BCUT2D eigenvalue weighted by Gasteiger charge is 2.49. The van der Waals surface area contributed by atoms with Gasteiger partial charge in [0.05, 0.1) is 6.42 Å². The standard InChI is InChI=1S/C13H13NO6/c15-10-6-7-13(20-10,11(16)17)14-12(18)19-8-9-4-2-1-3-5-9/h1-5H,6-8H2,(H,14,18)(H,16,17). The minimum Gasteiger partial charge on any atom is -0.477 e. The van der Waals surface area contributed by atoms with Crippen LogP contribution in [0.1, 0.15) is 18.4 Å². The van der Waals surface area contributed by atoms with Crippen molar-refractivity contribution in [1.29, 1.82) is 0 Å². The molecule has 1 aliphatic heterocycles. The van der Waals surface area contributed by atoms with Gasteiger partial charge in [0.1, 0.15) is 6.61 Å². The Morgan fingerprint density at radius 1 is 1.35 bits per heavy atom. The second-order valence-corrected chi connectivity index (χ2v) is 4.29. The smallest absolute Gasteiger partial charge is 0.411 e. The van der Waals surface area contributed by atoms with Crippen molar-refractivity contribution < 1.29 is 29.0 Å². The maximum absolute atomic E-state index is 11.6. The maximum atomic E-state index is 11.6. The molecule has 0 aliphatic carbocycles. The van der Waals surface area contributed by atoms with Crippen molar-refractivity contribution >= 4 is 18.0 Å². The number of benzene rings is 1. The molecule has 0 bridgehead atoms. The molecule has 1 aromatic carbocycles. The summed E-state index contributed by atoms with van der Waals surface area (Å²) in [4.78, 5) is 33.8. The highest BCUT2D eigenvalue weighted by molar-refractivity contribution is 5.88. The van der Waals surface area contributed by atoms with E-state index in [0.29, 0.717) is 0 Å². The molecule has 0 aromatic heterocycles. The molecule has 1 amide bonds. The van der Waals surface area contributed by atoms with Gasteiger partial charge in [-0.25, -0.2) is 9.59 Å². The lowest BCUT2D eigenvalue weighted by atomic mass is 10.1. The van der Waals surface area contributed by atoms with Gasteiger partial charge in [0.25, 0.3) is 5.72 Å². The molecule has 1 aliphatic rings. The molecular weight excluding hydrogens is 266 g/mol. The number of aliphatic carboxylic acids is 1. The van der Waals surface area contributed by atoms with E-state index in [4.69, 9.17) is 9.84 Å². The Morgan fingerprint density at radius 2 is 2.05 bits per heavy atom. The lowest BCUT2D eigenvalue weighted by Crippen LogP contribution is -2.54. The van der Waals surface area contributed by atoms with Gasteiger partial charge >= 0.3 is 18.0 Å². The number of carbonyl (C=O) groups excluding carboxylic acids is 2. The third-order valence-corrected chi connectivity index (χ3v) is 2.83. The monoisotopic (exact) mass is 279 g/mol. The first-order valence-electron chi connectivity index (χ1n) is 5.96. The van der Waals surface area contributed by atoms with Crippen LogP contribution in [0.15, 0.2) is 30.3 Å². The molecule has 0 radical (unpaired) electrons. The highest BCUT2D eigenvalue weighted by atomic mass is 16.6. The summed E-state index contributed by atoms with van der Waals surface area (Å²) in [6.07, 6.45) is -1.14. The van der Waals surface area contributed by atoms with Gasteiger partial charge in [0.2, 0.25) is 0 Å². The zero-order valence-electron chi connectivity index (χ0n) is 10.5. The fraction of sp³-hybridized carbons (Fsp3) is 0.308. The van der Waals surface area contributed by atoms with Crippen molar-refractivity contribution in [3.8, 4) is 0 Å². The first-order chi connectivity index (χ1) is 9.52. The van der Waals surface area contributed by atoms with Crippen molar-refractivity contribution in [3.05, 3.63) is 35.9 Å². The largest absolute Gasteiger partial charge is 0.477 e. The van der Waals surface area contributed by atoms with Crippen LogP contribution >= 0.6 is 0 Å². The van der Waals surface area contributed by atoms with Gasteiger partial charge in [0.15, 0.2) is 0 Å². The third-order valence-electron chi connectivity index (χ3n) is 2.83. The van der Waals surface area contributed by atoms with E-state index in [1.54, 1.807) is 24.3 Å². The summed E-state index contributed by atoms with van der Waals surface area (Å²) in [6, 6.07) is 8.91. The molecule has 7 heteroatoms. The summed E-state index contributed by atoms with van der Waals surface area (Å²) in [6.45, 7) is -0.00365. The summed E-state index contributed by atoms with van der Waals surface area (Å²) in [5.41, 5.74) is -1.26. The van der Waals surface area contributed by atoms with E-state index >= 15 is 0 Å². The van der Waals surface area contributed by atoms with Crippen LogP contribution in [-0.4, -0.2) is 28.9 Å². The van der Waals surface area contributed by atoms with Gasteiger partial charge in [-0.2, -0.15) is 0 Å². The molecule has 2 rings (SSSR count). The number of hydrogen-bond donors (Lipinski definition) is 2. The van der Waals surface area contributed by atoms with Crippen LogP contribution in [0.3, 0.4) is 0 Å². The summed E-state index contributed by atoms with van der Waals surface area (Å²) in [7, 11) is 0. The highest BCUT2D eigenvalue weighted by Crippen LogP contribution is 2.24. The van der Waals surface area contributed by atoms with Crippen molar-refractivity contribution in [2.75, 3.05) is 0 Å².